The molecule has 5 fully saturated rings. The summed E-state index contributed by atoms with van der Waals surface area (Å²) in [6.07, 6.45) is 27.6. The topological polar surface area (TPSA) is 95.2 Å². The molecule has 7 heteroatoms. The van der Waals surface area contributed by atoms with Crippen molar-refractivity contribution in [3.63, 3.8) is 0 Å². The fraction of sp³-hybridized carbons (Fsp3) is 0.765. The monoisotopic (exact) mass is 810 g/mol. The molecule has 318 valence electrons. The molecule has 11 atom stereocenters. The summed E-state index contributed by atoms with van der Waals surface area (Å²) >= 11 is 0. The molecule has 5 saturated carbocycles. The van der Waals surface area contributed by atoms with Crippen molar-refractivity contribution in [2.45, 2.75) is 167 Å². The number of ether oxygens (including phenoxy) is 1. The van der Waals surface area contributed by atoms with E-state index in [2.05, 4.69) is 76.6 Å². The summed E-state index contributed by atoms with van der Waals surface area (Å²) in [5, 5.41) is 25.6. The van der Waals surface area contributed by atoms with Crippen molar-refractivity contribution in [3.8, 4) is 11.9 Å². The average molecular weight is 810 g/mol. The quantitative estimate of drug-likeness (QED) is 0.229. The Bertz CT molecular complexity index is 1870. The highest BCUT2D eigenvalue weighted by molar-refractivity contribution is 7.84. The number of nitriles is 1. The first-order chi connectivity index (χ1) is 27.5. The molecule has 1 aromatic rings. The van der Waals surface area contributed by atoms with Gasteiger partial charge in [-0.05, 0) is 203 Å². The zero-order valence-electron chi connectivity index (χ0n) is 37.1. The van der Waals surface area contributed by atoms with E-state index in [4.69, 9.17) is 4.74 Å². The third-order valence-corrected chi connectivity index (χ3v) is 20.7. The average Bonchev–Trinajstić information content (AvgIpc) is 3.58. The van der Waals surface area contributed by atoms with Gasteiger partial charge in [-0.25, -0.2) is 4.98 Å². The number of aliphatic hydroxyl groups is 1. The maximum Gasteiger partial charge on any atom is 0.231 e. The van der Waals surface area contributed by atoms with Crippen molar-refractivity contribution in [2.75, 3.05) is 19.4 Å². The summed E-state index contributed by atoms with van der Waals surface area (Å²) in [5.74, 6) is 4.17. The highest BCUT2D eigenvalue weighted by atomic mass is 32.2. The first kappa shape index (κ1) is 42.4. The molecule has 6 nitrogen and oxygen atoms in total. The van der Waals surface area contributed by atoms with E-state index in [1.807, 2.05) is 6.26 Å². The Balaban J connectivity index is 0.978. The number of fused-ring (bicyclic) bond motifs is 7. The Morgan fingerprint density at radius 2 is 1.76 bits per heavy atom. The van der Waals surface area contributed by atoms with E-state index >= 15 is 0 Å². The normalized spacial score (nSPS) is 43.6. The standard InChI is InChI=1S/C51H75N3O3S/c1-34(2)39-19-26-51(54-31-29-50(55)24-17-38(18-25-50)58(8)56)28-27-48(6)41(44(39)51)15-16-43-47(5)22-20-40(46(3,4)42(47)21-23-49(43,48)7)36-13-11-35(12-14-36)33-57-45-37(32-52)10-9-30-53-45/h9-10,13,20,30,35,38-39,41-44,54-55H,1,11-12,14-19,21-29,31,33H2,2-8H3/t35?,38?,39-,41?,42-,43+,44+,47?,48+,49?,50?,51?,58?/m0/s1. The lowest BCUT2D eigenvalue weighted by Gasteiger charge is -2.72. The van der Waals surface area contributed by atoms with Gasteiger partial charge in [0.1, 0.15) is 11.6 Å². The van der Waals surface area contributed by atoms with Gasteiger partial charge < -0.3 is 15.2 Å². The predicted octanol–water partition coefficient (Wildman–Crippen LogP) is 11.0. The highest BCUT2D eigenvalue weighted by Crippen LogP contribution is 2.76. The van der Waals surface area contributed by atoms with E-state index in [9.17, 15) is 14.6 Å². The number of pyridine rings is 1. The second-order valence-electron chi connectivity index (χ2n) is 22.1. The summed E-state index contributed by atoms with van der Waals surface area (Å²) in [6, 6.07) is 5.78. The summed E-state index contributed by atoms with van der Waals surface area (Å²) in [7, 11) is -0.794. The van der Waals surface area contributed by atoms with Crippen LogP contribution in [0.2, 0.25) is 0 Å². The molecule has 6 unspecified atom stereocenters. The van der Waals surface area contributed by atoms with Gasteiger partial charge in [-0.1, -0.05) is 58.9 Å². The Morgan fingerprint density at radius 1 is 0.983 bits per heavy atom. The van der Waals surface area contributed by atoms with Crippen molar-refractivity contribution in [2.24, 2.45) is 57.2 Å². The van der Waals surface area contributed by atoms with Gasteiger partial charge in [0.05, 0.1) is 12.2 Å². The molecule has 0 saturated heterocycles. The zero-order valence-corrected chi connectivity index (χ0v) is 38.0. The van der Waals surface area contributed by atoms with E-state index in [-0.39, 0.29) is 21.6 Å². The lowest BCUT2D eigenvalue weighted by atomic mass is 9.33. The smallest absolute Gasteiger partial charge is 0.231 e. The Labute approximate surface area is 354 Å². The minimum absolute atomic E-state index is 0.135. The molecule has 0 radical (unpaired) electrons. The molecule has 0 aromatic carbocycles. The Morgan fingerprint density at radius 3 is 2.45 bits per heavy atom. The van der Waals surface area contributed by atoms with Gasteiger partial charge in [0.15, 0.2) is 0 Å². The Kier molecular flexibility index (Phi) is 11.4. The van der Waals surface area contributed by atoms with Crippen LogP contribution < -0.4 is 10.1 Å². The molecular weight excluding hydrogens is 735 g/mol. The van der Waals surface area contributed by atoms with Crippen LogP contribution in [0.15, 0.2) is 53.8 Å². The molecule has 1 aromatic heterocycles. The molecule has 0 aliphatic heterocycles. The van der Waals surface area contributed by atoms with Crippen LogP contribution in [0.1, 0.15) is 156 Å². The second-order valence-corrected chi connectivity index (χ2v) is 23.8. The number of nitrogens with zero attached hydrogens (tertiary/aromatic N) is 2. The maximum atomic E-state index is 12.1. The van der Waals surface area contributed by atoms with Gasteiger partial charge in [-0.2, -0.15) is 5.26 Å². The van der Waals surface area contributed by atoms with E-state index in [1.54, 1.807) is 29.5 Å². The van der Waals surface area contributed by atoms with Crippen LogP contribution in [0.3, 0.4) is 0 Å². The third-order valence-electron chi connectivity index (χ3n) is 19.3. The molecule has 1 heterocycles. The first-order valence-corrected chi connectivity index (χ1v) is 25.0. The SMILES string of the molecule is C=C(C)[C@@H]1CCC2(NCCC3(O)CCC(S(C)=O)CC3)CC[C@]3(C)C(CC[C@@H]4C5(C)CC=C(C6=CCC(COc7ncccc7C#N)CC6)C(C)(C)[C@@H]5CCC43C)[C@@H]12. The van der Waals surface area contributed by atoms with Crippen LogP contribution in [0, 0.1) is 68.5 Å². The highest BCUT2D eigenvalue weighted by Gasteiger charge is 2.70. The van der Waals surface area contributed by atoms with E-state index in [1.165, 1.54) is 63.4 Å². The Hall–Kier alpha value is -2.27. The van der Waals surface area contributed by atoms with Crippen LogP contribution in [-0.2, 0) is 10.8 Å². The lowest BCUT2D eigenvalue weighted by Crippen LogP contribution is -2.68. The van der Waals surface area contributed by atoms with Crippen molar-refractivity contribution in [3.05, 3.63) is 59.3 Å². The van der Waals surface area contributed by atoms with Crippen LogP contribution in [-0.4, -0.2) is 50.1 Å². The van der Waals surface area contributed by atoms with Crippen LogP contribution in [0.5, 0.6) is 5.88 Å². The van der Waals surface area contributed by atoms with Gasteiger partial charge in [0.25, 0.3) is 0 Å². The molecule has 58 heavy (non-hydrogen) atoms. The van der Waals surface area contributed by atoms with Crippen molar-refractivity contribution < 1.29 is 14.1 Å². The molecule has 7 aliphatic rings. The van der Waals surface area contributed by atoms with Gasteiger partial charge in [-0.3, -0.25) is 4.21 Å². The van der Waals surface area contributed by atoms with Gasteiger partial charge in [0, 0.05) is 34.0 Å². The van der Waals surface area contributed by atoms with E-state index < -0.39 is 16.4 Å². The predicted molar refractivity (Wildman–Crippen MR) is 236 cm³/mol. The second kappa shape index (κ2) is 15.6. The largest absolute Gasteiger partial charge is 0.476 e. The van der Waals surface area contributed by atoms with Crippen LogP contribution in [0.25, 0.3) is 0 Å². The molecule has 2 N–H and O–H groups in total. The molecule has 0 amide bonds. The van der Waals surface area contributed by atoms with Gasteiger partial charge >= 0.3 is 0 Å². The molecular formula is C51H75N3O3S. The lowest BCUT2D eigenvalue weighted by molar-refractivity contribution is -0.221. The fourth-order valence-corrected chi connectivity index (χ4v) is 16.8. The summed E-state index contributed by atoms with van der Waals surface area (Å²) in [5.41, 5.74) is 5.62. The van der Waals surface area contributed by atoms with Crippen molar-refractivity contribution in [1.82, 2.24) is 10.3 Å². The number of hydrogen-bond donors (Lipinski definition) is 2. The maximum absolute atomic E-state index is 12.1. The van der Waals surface area contributed by atoms with E-state index in [0.29, 0.717) is 58.5 Å². The van der Waals surface area contributed by atoms with Crippen molar-refractivity contribution in [1.29, 1.82) is 5.26 Å². The summed E-state index contributed by atoms with van der Waals surface area (Å²) in [4.78, 5) is 4.32. The number of hydrogen-bond acceptors (Lipinski definition) is 6. The summed E-state index contributed by atoms with van der Waals surface area (Å²) in [6.45, 7) is 21.8. The van der Waals surface area contributed by atoms with E-state index in [0.717, 1.165) is 63.8 Å². The fourth-order valence-electron chi connectivity index (χ4n) is 15.9. The van der Waals surface area contributed by atoms with Crippen molar-refractivity contribution >= 4 is 10.8 Å². The van der Waals surface area contributed by atoms with Crippen LogP contribution in [0.4, 0.5) is 0 Å². The number of rotatable bonds is 10. The first-order valence-electron chi connectivity index (χ1n) is 23.3. The molecule has 7 aliphatic carbocycles. The summed E-state index contributed by atoms with van der Waals surface area (Å²) < 4.78 is 18.2. The molecule has 8 rings (SSSR count). The van der Waals surface area contributed by atoms with Crippen LogP contribution >= 0.6 is 0 Å². The molecule has 0 spiro atoms. The number of allylic oxidation sites excluding steroid dienone is 5. The van der Waals surface area contributed by atoms with Gasteiger partial charge in [-0.15, -0.1) is 0 Å². The van der Waals surface area contributed by atoms with Gasteiger partial charge in [0.2, 0.25) is 5.88 Å². The minimum atomic E-state index is -0.794. The number of aromatic nitrogens is 1. The minimum Gasteiger partial charge on any atom is -0.476 e. The zero-order chi connectivity index (χ0) is 41.3. The third kappa shape index (κ3) is 6.94. The molecule has 0 bridgehead atoms. The number of nitrogens with one attached hydrogen (secondary N) is 1.